The molecular formula is C17H12ClN3O4. The number of rotatable bonds is 4. The number of fused-ring (bicyclic) bond motifs is 1. The van der Waals surface area contributed by atoms with E-state index in [0.29, 0.717) is 5.02 Å². The number of nitro benzene ring substituents is 1. The fourth-order valence-electron chi connectivity index (χ4n) is 2.70. The topological polar surface area (TPSA) is 119 Å². The molecule has 0 bridgehead atoms. The first-order valence-electron chi connectivity index (χ1n) is 7.25. The molecule has 25 heavy (non-hydrogen) atoms. The number of aromatic amines is 1. The number of nitrogens with zero attached hydrogens (tertiary/aromatic N) is 1. The van der Waals surface area contributed by atoms with Crippen LogP contribution in [0, 0.1) is 10.1 Å². The van der Waals surface area contributed by atoms with Crippen molar-refractivity contribution >= 4 is 34.1 Å². The van der Waals surface area contributed by atoms with Gasteiger partial charge in [0, 0.05) is 23.2 Å². The number of nitrogens with two attached hydrogens (primary N) is 1. The summed E-state index contributed by atoms with van der Waals surface area (Å²) >= 11 is 5.85. The zero-order valence-corrected chi connectivity index (χ0v) is 13.5. The minimum atomic E-state index is -0.890. The summed E-state index contributed by atoms with van der Waals surface area (Å²) in [7, 11) is 0. The highest BCUT2D eigenvalue weighted by molar-refractivity contribution is 6.30. The number of primary amides is 1. The van der Waals surface area contributed by atoms with Crippen LogP contribution in [0.25, 0.3) is 10.9 Å². The third kappa shape index (κ3) is 3.09. The summed E-state index contributed by atoms with van der Waals surface area (Å²) in [6.07, 6.45) is 0.173. The van der Waals surface area contributed by atoms with Gasteiger partial charge in [0.05, 0.1) is 10.3 Å². The van der Waals surface area contributed by atoms with E-state index in [-0.39, 0.29) is 34.3 Å². The molecule has 0 saturated carbocycles. The van der Waals surface area contributed by atoms with Crippen molar-refractivity contribution < 1.29 is 9.72 Å². The zero-order chi connectivity index (χ0) is 18.1. The van der Waals surface area contributed by atoms with E-state index in [2.05, 4.69) is 4.98 Å². The summed E-state index contributed by atoms with van der Waals surface area (Å²) < 4.78 is 0. The molecule has 0 fully saturated rings. The molecule has 0 aliphatic heterocycles. The van der Waals surface area contributed by atoms with Gasteiger partial charge in [-0.25, -0.2) is 0 Å². The molecule has 1 aromatic heterocycles. The van der Waals surface area contributed by atoms with Crippen LogP contribution in [0.4, 0.5) is 5.69 Å². The third-order valence-electron chi connectivity index (χ3n) is 3.83. The summed E-state index contributed by atoms with van der Waals surface area (Å²) in [6, 6.07) is 10.9. The number of carbonyl (C=O) groups is 1. The number of H-pyrrole nitrogens is 1. The van der Waals surface area contributed by atoms with Crippen LogP contribution < -0.4 is 11.2 Å². The fourth-order valence-corrected chi connectivity index (χ4v) is 2.82. The molecule has 0 unspecified atom stereocenters. The van der Waals surface area contributed by atoms with Crippen LogP contribution in [0.1, 0.15) is 21.6 Å². The number of non-ortho nitro benzene ring substituents is 1. The minimum Gasteiger partial charge on any atom is -0.365 e. The van der Waals surface area contributed by atoms with Gasteiger partial charge in [-0.3, -0.25) is 19.7 Å². The second-order valence-corrected chi connectivity index (χ2v) is 5.87. The predicted octanol–water partition coefficient (Wildman–Crippen LogP) is 2.78. The molecule has 1 amide bonds. The normalized spacial score (nSPS) is 10.8. The van der Waals surface area contributed by atoms with E-state index in [9.17, 15) is 19.7 Å². The molecule has 0 aliphatic rings. The molecule has 1 heterocycles. The van der Waals surface area contributed by atoms with Gasteiger partial charge in [0.1, 0.15) is 11.1 Å². The smallest absolute Gasteiger partial charge is 0.293 e. The highest BCUT2D eigenvalue weighted by atomic mass is 35.5. The Morgan fingerprint density at radius 3 is 2.48 bits per heavy atom. The highest BCUT2D eigenvalue weighted by Crippen LogP contribution is 2.24. The number of halogens is 1. The van der Waals surface area contributed by atoms with Crippen LogP contribution in [0.15, 0.2) is 47.3 Å². The van der Waals surface area contributed by atoms with Gasteiger partial charge in [-0.15, -0.1) is 0 Å². The van der Waals surface area contributed by atoms with Crippen LogP contribution in [-0.2, 0) is 6.42 Å². The van der Waals surface area contributed by atoms with Crippen LogP contribution in [0.5, 0.6) is 0 Å². The van der Waals surface area contributed by atoms with Crippen molar-refractivity contribution in [3.63, 3.8) is 0 Å². The Morgan fingerprint density at radius 2 is 1.88 bits per heavy atom. The maximum absolute atomic E-state index is 12.6. The van der Waals surface area contributed by atoms with E-state index in [0.717, 1.165) is 5.56 Å². The molecule has 0 saturated heterocycles. The maximum Gasteiger partial charge on any atom is 0.293 e. The molecule has 3 N–H and O–H groups in total. The van der Waals surface area contributed by atoms with Gasteiger partial charge in [0.15, 0.2) is 0 Å². The van der Waals surface area contributed by atoms with Crippen molar-refractivity contribution in [2.75, 3.05) is 0 Å². The Hall–Kier alpha value is -3.19. The second kappa shape index (κ2) is 6.37. The number of pyridine rings is 1. The summed E-state index contributed by atoms with van der Waals surface area (Å²) in [5, 5.41) is 11.8. The van der Waals surface area contributed by atoms with Gasteiger partial charge >= 0.3 is 0 Å². The fraction of sp³-hybridized carbons (Fsp3) is 0.0588. The van der Waals surface area contributed by atoms with E-state index in [4.69, 9.17) is 17.3 Å². The quantitative estimate of drug-likeness (QED) is 0.551. The first kappa shape index (κ1) is 16.7. The largest absolute Gasteiger partial charge is 0.365 e. The summed E-state index contributed by atoms with van der Waals surface area (Å²) in [6.45, 7) is 0. The highest BCUT2D eigenvalue weighted by Gasteiger charge is 2.21. The first-order chi connectivity index (χ1) is 11.9. The molecule has 0 aliphatic carbocycles. The van der Waals surface area contributed by atoms with Crippen molar-refractivity contribution in [2.45, 2.75) is 6.42 Å². The molecule has 7 nitrogen and oxygen atoms in total. The monoisotopic (exact) mass is 357 g/mol. The minimum absolute atomic E-state index is 0.0443. The number of aromatic nitrogens is 1. The molecule has 0 spiro atoms. The van der Waals surface area contributed by atoms with E-state index in [1.165, 1.54) is 18.2 Å². The Bertz CT molecular complexity index is 1060. The van der Waals surface area contributed by atoms with Gasteiger partial charge in [-0.1, -0.05) is 29.8 Å². The third-order valence-corrected chi connectivity index (χ3v) is 4.08. The lowest BCUT2D eigenvalue weighted by Gasteiger charge is -2.10. The average molecular weight is 358 g/mol. The summed E-state index contributed by atoms with van der Waals surface area (Å²) in [5.74, 6) is -0.890. The molecule has 0 atom stereocenters. The van der Waals surface area contributed by atoms with Crippen molar-refractivity contribution in [1.82, 2.24) is 4.98 Å². The Balaban J connectivity index is 2.28. The van der Waals surface area contributed by atoms with Crippen LogP contribution in [0.3, 0.4) is 0 Å². The number of hydrogen-bond donors (Lipinski definition) is 2. The molecule has 3 aromatic rings. The number of hydrogen-bond acceptors (Lipinski definition) is 4. The Morgan fingerprint density at radius 1 is 1.20 bits per heavy atom. The van der Waals surface area contributed by atoms with Crippen molar-refractivity contribution in [3.05, 3.63) is 84.6 Å². The number of carbonyl (C=O) groups excluding carboxylic acids is 1. The van der Waals surface area contributed by atoms with E-state index in [1.807, 2.05) is 0 Å². The molecule has 126 valence electrons. The van der Waals surface area contributed by atoms with Crippen molar-refractivity contribution in [3.8, 4) is 0 Å². The van der Waals surface area contributed by atoms with Crippen LogP contribution >= 0.6 is 11.6 Å². The number of nitrogens with one attached hydrogen (secondary N) is 1. The number of amides is 1. The molecule has 8 heteroatoms. The lowest BCUT2D eigenvalue weighted by Crippen LogP contribution is -2.25. The summed E-state index contributed by atoms with van der Waals surface area (Å²) in [5.41, 5.74) is 5.33. The van der Waals surface area contributed by atoms with Gasteiger partial charge in [-0.05, 0) is 23.8 Å². The van der Waals surface area contributed by atoms with Gasteiger partial charge in [-0.2, -0.15) is 0 Å². The van der Waals surface area contributed by atoms with Crippen molar-refractivity contribution in [1.29, 1.82) is 0 Å². The maximum atomic E-state index is 12.6. The van der Waals surface area contributed by atoms with Crippen molar-refractivity contribution in [2.24, 2.45) is 5.73 Å². The lowest BCUT2D eigenvalue weighted by molar-refractivity contribution is -0.383. The predicted molar refractivity (Wildman–Crippen MR) is 94.0 cm³/mol. The summed E-state index contributed by atoms with van der Waals surface area (Å²) in [4.78, 5) is 37.9. The molecule has 2 aromatic carbocycles. The molecular weight excluding hydrogens is 346 g/mol. The van der Waals surface area contributed by atoms with E-state index in [1.54, 1.807) is 24.3 Å². The first-order valence-corrected chi connectivity index (χ1v) is 7.63. The molecule has 3 rings (SSSR count). The van der Waals surface area contributed by atoms with E-state index < -0.39 is 16.3 Å². The lowest BCUT2D eigenvalue weighted by atomic mass is 10.0. The van der Waals surface area contributed by atoms with Crippen LogP contribution in [0.2, 0.25) is 5.02 Å². The Kier molecular flexibility index (Phi) is 4.24. The Labute approximate surface area is 146 Å². The second-order valence-electron chi connectivity index (χ2n) is 5.43. The van der Waals surface area contributed by atoms with Gasteiger partial charge in [0.2, 0.25) is 5.43 Å². The SMILES string of the molecule is NC(=O)c1c(Cc2ccc(Cl)cc2)[nH]c2c([N+](=O)[O-])cccc2c1=O. The van der Waals surface area contributed by atoms with E-state index >= 15 is 0 Å². The zero-order valence-electron chi connectivity index (χ0n) is 12.8. The van der Waals surface area contributed by atoms with Gasteiger partial charge in [0.25, 0.3) is 11.6 Å². The van der Waals surface area contributed by atoms with Crippen LogP contribution in [-0.4, -0.2) is 15.8 Å². The average Bonchev–Trinajstić information content (AvgIpc) is 2.56. The number of benzene rings is 2. The number of para-hydroxylation sites is 1. The number of nitro groups is 1. The molecule has 0 radical (unpaired) electrons. The van der Waals surface area contributed by atoms with Gasteiger partial charge < -0.3 is 10.7 Å². The standard InChI is InChI=1S/C17H12ClN3O4/c18-10-6-4-9(5-7-10)8-12-14(17(19)23)16(22)11-2-1-3-13(21(24)25)15(11)20-12/h1-7H,8H2,(H2,19,23)(H,20,22).